The molecule has 1 aliphatic rings. The molecule has 1 fully saturated rings. The van der Waals surface area contributed by atoms with Crippen LogP contribution >= 0.6 is 0 Å². The highest BCUT2D eigenvalue weighted by Gasteiger charge is 2.22. The summed E-state index contributed by atoms with van der Waals surface area (Å²) < 4.78 is 10.6. The first-order chi connectivity index (χ1) is 13.2. The van der Waals surface area contributed by atoms with Crippen LogP contribution in [0.1, 0.15) is 18.5 Å². The second-order valence-electron chi connectivity index (χ2n) is 6.43. The van der Waals surface area contributed by atoms with Crippen LogP contribution in [0.4, 0.5) is 5.69 Å². The molecule has 0 radical (unpaired) electrons. The Morgan fingerprint density at radius 1 is 1.22 bits per heavy atom. The van der Waals surface area contributed by atoms with E-state index < -0.39 is 0 Å². The van der Waals surface area contributed by atoms with E-state index in [1.165, 1.54) is 0 Å². The number of aromatic nitrogens is 1. The van der Waals surface area contributed by atoms with E-state index in [0.717, 1.165) is 30.8 Å². The number of nitrogens with one attached hydrogen (secondary N) is 1. The van der Waals surface area contributed by atoms with Gasteiger partial charge in [-0.15, -0.1) is 0 Å². The normalized spacial score (nSPS) is 17.0. The first kappa shape index (κ1) is 18.8. The molecule has 2 heterocycles. The number of nitrogens with zero attached hydrogens (tertiary/aromatic N) is 2. The summed E-state index contributed by atoms with van der Waals surface area (Å²) in [6.07, 6.45) is 7.05. The van der Waals surface area contributed by atoms with E-state index >= 15 is 0 Å². The first-order valence-corrected chi connectivity index (χ1v) is 9.06. The van der Waals surface area contributed by atoms with Gasteiger partial charge in [-0.25, -0.2) is 0 Å². The predicted octanol–water partition coefficient (Wildman–Crippen LogP) is 3.22. The SMILES string of the molecule is COc1ccc(NC2CCCN(C(=O)C=Cc3ccccn3)C2)cc1OC. The number of amides is 1. The summed E-state index contributed by atoms with van der Waals surface area (Å²) >= 11 is 0. The van der Waals surface area contributed by atoms with Crippen molar-refractivity contribution in [2.75, 3.05) is 32.6 Å². The number of rotatable bonds is 6. The number of hydrogen-bond donors (Lipinski definition) is 1. The molecule has 3 rings (SSSR count). The fourth-order valence-corrected chi connectivity index (χ4v) is 3.19. The third-order valence-electron chi connectivity index (χ3n) is 4.57. The Hall–Kier alpha value is -3.02. The number of methoxy groups -OCH3 is 2. The maximum absolute atomic E-state index is 12.5. The number of carbonyl (C=O) groups excluding carboxylic acids is 1. The van der Waals surface area contributed by atoms with Crippen molar-refractivity contribution in [2.45, 2.75) is 18.9 Å². The van der Waals surface area contributed by atoms with Gasteiger partial charge in [-0.05, 0) is 43.2 Å². The van der Waals surface area contributed by atoms with E-state index in [-0.39, 0.29) is 11.9 Å². The summed E-state index contributed by atoms with van der Waals surface area (Å²) in [4.78, 5) is 18.6. The van der Waals surface area contributed by atoms with E-state index in [1.54, 1.807) is 32.6 Å². The quantitative estimate of drug-likeness (QED) is 0.795. The van der Waals surface area contributed by atoms with E-state index in [2.05, 4.69) is 10.3 Å². The summed E-state index contributed by atoms with van der Waals surface area (Å²) in [6, 6.07) is 11.6. The molecular weight excluding hydrogens is 342 g/mol. The fraction of sp³-hybridized carbons (Fsp3) is 0.333. The maximum Gasteiger partial charge on any atom is 0.246 e. The molecular formula is C21H25N3O3. The van der Waals surface area contributed by atoms with Gasteiger partial charge >= 0.3 is 0 Å². The van der Waals surface area contributed by atoms with Crippen molar-refractivity contribution in [3.05, 3.63) is 54.4 Å². The highest BCUT2D eigenvalue weighted by Crippen LogP contribution is 2.30. The topological polar surface area (TPSA) is 63.7 Å². The molecule has 1 amide bonds. The molecule has 1 aromatic carbocycles. The Labute approximate surface area is 159 Å². The Kier molecular flexibility index (Phi) is 6.30. The van der Waals surface area contributed by atoms with Gasteiger partial charge in [-0.3, -0.25) is 9.78 Å². The molecule has 6 nitrogen and oxygen atoms in total. The molecule has 0 saturated carbocycles. The maximum atomic E-state index is 12.5. The lowest BCUT2D eigenvalue weighted by Gasteiger charge is -2.33. The zero-order valence-corrected chi connectivity index (χ0v) is 15.7. The second kappa shape index (κ2) is 9.07. The fourth-order valence-electron chi connectivity index (χ4n) is 3.19. The predicted molar refractivity (Wildman–Crippen MR) is 106 cm³/mol. The van der Waals surface area contributed by atoms with Crippen molar-refractivity contribution in [3.8, 4) is 11.5 Å². The Bertz CT molecular complexity index is 793. The van der Waals surface area contributed by atoms with Crippen molar-refractivity contribution in [1.82, 2.24) is 9.88 Å². The van der Waals surface area contributed by atoms with Gasteiger partial charge in [0.25, 0.3) is 0 Å². The Balaban J connectivity index is 1.60. The lowest BCUT2D eigenvalue weighted by molar-refractivity contribution is -0.126. The molecule has 0 aliphatic carbocycles. The Morgan fingerprint density at radius 2 is 2.07 bits per heavy atom. The minimum Gasteiger partial charge on any atom is -0.493 e. The van der Waals surface area contributed by atoms with Crippen LogP contribution in [0.15, 0.2) is 48.7 Å². The van der Waals surface area contributed by atoms with Gasteiger partial charge in [-0.2, -0.15) is 0 Å². The van der Waals surface area contributed by atoms with Gasteiger partial charge in [0, 0.05) is 43.2 Å². The second-order valence-corrected chi connectivity index (χ2v) is 6.43. The van der Waals surface area contributed by atoms with Crippen molar-refractivity contribution in [2.24, 2.45) is 0 Å². The van der Waals surface area contributed by atoms with Gasteiger partial charge in [0.15, 0.2) is 11.5 Å². The average molecular weight is 367 g/mol. The van der Waals surface area contributed by atoms with Crippen molar-refractivity contribution in [1.29, 1.82) is 0 Å². The highest BCUT2D eigenvalue weighted by atomic mass is 16.5. The third-order valence-corrected chi connectivity index (χ3v) is 4.57. The van der Waals surface area contributed by atoms with Crippen LogP contribution in [0.2, 0.25) is 0 Å². The van der Waals surface area contributed by atoms with Crippen LogP contribution in [-0.4, -0.2) is 49.1 Å². The van der Waals surface area contributed by atoms with E-state index in [0.29, 0.717) is 18.0 Å². The largest absolute Gasteiger partial charge is 0.493 e. The molecule has 0 bridgehead atoms. The molecule has 1 aliphatic heterocycles. The summed E-state index contributed by atoms with van der Waals surface area (Å²) in [7, 11) is 3.24. The molecule has 1 atom stereocenters. The Morgan fingerprint density at radius 3 is 2.81 bits per heavy atom. The molecule has 2 aromatic rings. The minimum absolute atomic E-state index is 0.0134. The number of anilines is 1. The van der Waals surface area contributed by atoms with Gasteiger partial charge in [0.2, 0.25) is 5.91 Å². The van der Waals surface area contributed by atoms with Gasteiger partial charge < -0.3 is 19.7 Å². The van der Waals surface area contributed by atoms with Crippen molar-refractivity contribution >= 4 is 17.7 Å². The van der Waals surface area contributed by atoms with Gasteiger partial charge in [0.1, 0.15) is 0 Å². The highest BCUT2D eigenvalue weighted by molar-refractivity contribution is 5.91. The van der Waals surface area contributed by atoms with E-state index in [9.17, 15) is 4.79 Å². The van der Waals surface area contributed by atoms with Crippen molar-refractivity contribution < 1.29 is 14.3 Å². The number of hydrogen-bond acceptors (Lipinski definition) is 5. The summed E-state index contributed by atoms with van der Waals surface area (Å²) in [6.45, 7) is 1.44. The van der Waals surface area contributed by atoms with E-state index in [4.69, 9.17) is 9.47 Å². The van der Waals surface area contributed by atoms with E-state index in [1.807, 2.05) is 41.3 Å². The zero-order valence-electron chi connectivity index (χ0n) is 15.7. The third kappa shape index (κ3) is 5.00. The standard InChI is InChI=1S/C21H25N3O3/c1-26-19-10-8-17(14-20(19)27-2)23-18-7-5-13-24(15-18)21(25)11-9-16-6-3-4-12-22-16/h3-4,6,8-12,14,18,23H,5,7,13,15H2,1-2H3. The molecule has 1 aromatic heterocycles. The van der Waals surface area contributed by atoms with Gasteiger partial charge in [0.05, 0.1) is 19.9 Å². The average Bonchev–Trinajstić information content (AvgIpc) is 2.73. The van der Waals surface area contributed by atoms with Crippen molar-refractivity contribution in [3.63, 3.8) is 0 Å². The molecule has 1 N–H and O–H groups in total. The van der Waals surface area contributed by atoms with Crippen LogP contribution < -0.4 is 14.8 Å². The number of benzene rings is 1. The first-order valence-electron chi connectivity index (χ1n) is 9.06. The molecule has 1 saturated heterocycles. The molecule has 1 unspecified atom stereocenters. The molecule has 0 spiro atoms. The van der Waals surface area contributed by atoms with Crippen LogP contribution in [0, 0.1) is 0 Å². The van der Waals surface area contributed by atoms with Crippen LogP contribution in [0.25, 0.3) is 6.08 Å². The molecule has 142 valence electrons. The monoisotopic (exact) mass is 367 g/mol. The zero-order chi connectivity index (χ0) is 19.1. The van der Waals surface area contributed by atoms with Gasteiger partial charge in [-0.1, -0.05) is 6.07 Å². The lowest BCUT2D eigenvalue weighted by Crippen LogP contribution is -2.44. The number of likely N-dealkylation sites (tertiary alicyclic amines) is 1. The number of carbonyl (C=O) groups is 1. The number of ether oxygens (including phenoxy) is 2. The van der Waals surface area contributed by atoms with Crippen LogP contribution in [-0.2, 0) is 4.79 Å². The molecule has 6 heteroatoms. The summed E-state index contributed by atoms with van der Waals surface area (Å²) in [5, 5.41) is 3.50. The lowest BCUT2D eigenvalue weighted by atomic mass is 10.0. The molecule has 27 heavy (non-hydrogen) atoms. The number of pyridine rings is 1. The van der Waals surface area contributed by atoms with Crippen LogP contribution in [0.3, 0.4) is 0 Å². The minimum atomic E-state index is 0.0134. The number of piperidine rings is 1. The smallest absolute Gasteiger partial charge is 0.246 e. The van der Waals surface area contributed by atoms with Crippen LogP contribution in [0.5, 0.6) is 11.5 Å². The summed E-state index contributed by atoms with van der Waals surface area (Å²) in [5.74, 6) is 1.40. The summed E-state index contributed by atoms with van der Waals surface area (Å²) in [5.41, 5.74) is 1.74.